The minimum Gasteiger partial charge on any atom is -0.368 e. The number of amides is 1. The van der Waals surface area contributed by atoms with Gasteiger partial charge in [-0.3, -0.25) is 9.59 Å². The van der Waals surface area contributed by atoms with Crippen LogP contribution in [0.5, 0.6) is 0 Å². The molecule has 2 aromatic rings. The molecule has 26 heavy (non-hydrogen) atoms. The zero-order chi connectivity index (χ0) is 18.5. The van der Waals surface area contributed by atoms with E-state index in [2.05, 4.69) is 4.90 Å². The van der Waals surface area contributed by atoms with Crippen molar-refractivity contribution in [3.05, 3.63) is 51.2 Å². The van der Waals surface area contributed by atoms with Crippen molar-refractivity contribution in [2.75, 3.05) is 36.8 Å². The summed E-state index contributed by atoms with van der Waals surface area (Å²) in [6.45, 7) is 4.68. The van der Waals surface area contributed by atoms with Gasteiger partial charge in [0, 0.05) is 48.1 Å². The van der Waals surface area contributed by atoms with Crippen LogP contribution in [0.2, 0.25) is 4.34 Å². The topological polar surface area (TPSA) is 40.6 Å². The summed E-state index contributed by atoms with van der Waals surface area (Å²) in [6, 6.07) is 11.6. The molecular formula is C19H21ClN2O2S2. The number of nitrogens with zero attached hydrogens (tertiary/aromatic N) is 2. The second kappa shape index (κ2) is 8.93. The minimum atomic E-state index is 0.0780. The van der Waals surface area contributed by atoms with Crippen molar-refractivity contribution in [3.63, 3.8) is 0 Å². The molecule has 1 saturated heterocycles. The zero-order valence-corrected chi connectivity index (χ0v) is 17.0. The third-order valence-electron chi connectivity index (χ3n) is 4.37. The van der Waals surface area contributed by atoms with Gasteiger partial charge in [0.1, 0.15) is 0 Å². The number of carbonyl (C=O) groups is 2. The highest BCUT2D eigenvalue weighted by molar-refractivity contribution is 7.99. The van der Waals surface area contributed by atoms with Crippen molar-refractivity contribution in [2.45, 2.75) is 12.7 Å². The van der Waals surface area contributed by atoms with Gasteiger partial charge in [-0.15, -0.1) is 23.1 Å². The Morgan fingerprint density at radius 3 is 2.35 bits per heavy atom. The Bertz CT molecular complexity index is 768. The molecule has 0 aliphatic carbocycles. The molecule has 0 N–H and O–H groups in total. The van der Waals surface area contributed by atoms with E-state index in [9.17, 15) is 9.59 Å². The molecule has 1 aromatic carbocycles. The maximum absolute atomic E-state index is 12.4. The lowest BCUT2D eigenvalue weighted by molar-refractivity contribution is -0.128. The Hall–Kier alpha value is -1.50. The fourth-order valence-corrected chi connectivity index (χ4v) is 5.01. The van der Waals surface area contributed by atoms with Gasteiger partial charge in [-0.05, 0) is 43.3 Å². The molecule has 1 aliphatic heterocycles. The van der Waals surface area contributed by atoms with Gasteiger partial charge in [-0.2, -0.15) is 0 Å². The van der Waals surface area contributed by atoms with Crippen molar-refractivity contribution >= 4 is 52.1 Å². The van der Waals surface area contributed by atoms with Crippen LogP contribution in [0.4, 0.5) is 5.69 Å². The van der Waals surface area contributed by atoms with Crippen LogP contribution < -0.4 is 4.90 Å². The second-order valence-electron chi connectivity index (χ2n) is 6.17. The molecule has 7 heteroatoms. The van der Waals surface area contributed by atoms with Gasteiger partial charge in [0.05, 0.1) is 10.1 Å². The van der Waals surface area contributed by atoms with Crippen molar-refractivity contribution < 1.29 is 9.59 Å². The second-order valence-corrected chi connectivity index (χ2v) is 8.95. The van der Waals surface area contributed by atoms with E-state index in [0.29, 0.717) is 5.75 Å². The SMILES string of the molecule is CC(=O)c1ccc(N2CCN(C(=O)CSCc3ccc(Cl)s3)CC2)cc1. The van der Waals surface area contributed by atoms with Gasteiger partial charge >= 0.3 is 0 Å². The van der Waals surface area contributed by atoms with Crippen molar-refractivity contribution in [2.24, 2.45) is 0 Å². The summed E-state index contributed by atoms with van der Waals surface area (Å²) in [5, 5.41) is 0. The average molecular weight is 409 g/mol. The molecular weight excluding hydrogens is 388 g/mol. The summed E-state index contributed by atoms with van der Waals surface area (Å²) in [4.78, 5) is 29.1. The van der Waals surface area contributed by atoms with E-state index >= 15 is 0 Å². The number of hydrogen-bond acceptors (Lipinski definition) is 5. The highest BCUT2D eigenvalue weighted by atomic mass is 35.5. The van der Waals surface area contributed by atoms with Gasteiger partial charge in [0.25, 0.3) is 0 Å². The molecule has 3 rings (SSSR count). The number of hydrogen-bond donors (Lipinski definition) is 0. The first kappa shape index (κ1) is 19.3. The minimum absolute atomic E-state index is 0.0780. The molecule has 0 radical (unpaired) electrons. The number of piperazine rings is 1. The largest absolute Gasteiger partial charge is 0.368 e. The van der Waals surface area contributed by atoms with E-state index in [1.807, 2.05) is 41.3 Å². The van der Waals surface area contributed by atoms with E-state index in [1.54, 1.807) is 30.0 Å². The van der Waals surface area contributed by atoms with Crippen molar-refractivity contribution in [3.8, 4) is 0 Å². The summed E-state index contributed by atoms with van der Waals surface area (Å²) < 4.78 is 0.791. The summed E-state index contributed by atoms with van der Waals surface area (Å²) in [5.41, 5.74) is 1.83. The van der Waals surface area contributed by atoms with Crippen LogP contribution in [0.25, 0.3) is 0 Å². The number of Topliss-reactive ketones (excluding diaryl/α,β-unsaturated/α-hetero) is 1. The van der Waals surface area contributed by atoms with Crippen LogP contribution in [-0.4, -0.2) is 48.5 Å². The van der Waals surface area contributed by atoms with Gasteiger partial charge in [-0.1, -0.05) is 11.6 Å². The predicted molar refractivity (Wildman–Crippen MR) is 111 cm³/mol. The Balaban J connectivity index is 1.43. The average Bonchev–Trinajstić information content (AvgIpc) is 3.07. The molecule has 0 bridgehead atoms. The van der Waals surface area contributed by atoms with Crippen LogP contribution >= 0.6 is 34.7 Å². The smallest absolute Gasteiger partial charge is 0.232 e. The van der Waals surface area contributed by atoms with Crippen LogP contribution in [0, 0.1) is 0 Å². The highest BCUT2D eigenvalue weighted by Crippen LogP contribution is 2.25. The molecule has 1 fully saturated rings. The van der Waals surface area contributed by atoms with Crippen LogP contribution in [0.1, 0.15) is 22.2 Å². The number of thioether (sulfide) groups is 1. The Kier molecular flexibility index (Phi) is 6.62. The molecule has 0 saturated carbocycles. The van der Waals surface area contributed by atoms with Gasteiger partial charge < -0.3 is 9.80 Å². The maximum Gasteiger partial charge on any atom is 0.232 e. The Morgan fingerprint density at radius 2 is 1.77 bits per heavy atom. The summed E-state index contributed by atoms with van der Waals surface area (Å²) in [7, 11) is 0. The number of rotatable bonds is 6. The lowest BCUT2D eigenvalue weighted by Crippen LogP contribution is -2.49. The Morgan fingerprint density at radius 1 is 1.08 bits per heavy atom. The van der Waals surface area contributed by atoms with E-state index in [1.165, 1.54) is 4.88 Å². The van der Waals surface area contributed by atoms with E-state index in [4.69, 9.17) is 11.6 Å². The third kappa shape index (κ3) is 5.02. The summed E-state index contributed by atoms with van der Waals surface area (Å²) in [5.74, 6) is 1.60. The van der Waals surface area contributed by atoms with E-state index in [-0.39, 0.29) is 11.7 Å². The normalized spacial score (nSPS) is 14.5. The first-order valence-electron chi connectivity index (χ1n) is 8.48. The third-order valence-corrected chi connectivity index (χ3v) is 6.75. The number of carbonyl (C=O) groups excluding carboxylic acids is 2. The van der Waals surface area contributed by atoms with Gasteiger partial charge in [0.15, 0.2) is 5.78 Å². The number of ketones is 1. The standard InChI is InChI=1S/C19H21ClN2O2S2/c1-14(23)15-2-4-16(5-3-15)21-8-10-22(11-9-21)19(24)13-25-12-17-6-7-18(20)26-17/h2-7H,8-13H2,1H3. The molecule has 0 unspecified atom stereocenters. The zero-order valence-electron chi connectivity index (χ0n) is 14.6. The van der Waals surface area contributed by atoms with E-state index in [0.717, 1.165) is 47.5 Å². The molecule has 138 valence electrons. The first-order valence-corrected chi connectivity index (χ1v) is 10.8. The van der Waals surface area contributed by atoms with Crippen molar-refractivity contribution in [1.82, 2.24) is 4.90 Å². The quantitative estimate of drug-likeness (QED) is 0.672. The number of halogens is 1. The van der Waals surface area contributed by atoms with Gasteiger partial charge in [-0.25, -0.2) is 0 Å². The van der Waals surface area contributed by atoms with Crippen molar-refractivity contribution in [1.29, 1.82) is 0 Å². The number of anilines is 1. The van der Waals surface area contributed by atoms with Crippen LogP contribution in [-0.2, 0) is 10.5 Å². The lowest BCUT2D eigenvalue weighted by Gasteiger charge is -2.36. The summed E-state index contributed by atoms with van der Waals surface area (Å²) >= 11 is 9.13. The fourth-order valence-electron chi connectivity index (χ4n) is 2.88. The van der Waals surface area contributed by atoms with Crippen LogP contribution in [0.3, 0.4) is 0 Å². The highest BCUT2D eigenvalue weighted by Gasteiger charge is 2.21. The predicted octanol–water partition coefficient (Wildman–Crippen LogP) is 4.19. The molecule has 2 heterocycles. The molecule has 1 aliphatic rings. The first-order chi connectivity index (χ1) is 12.5. The molecule has 0 atom stereocenters. The number of thiophene rings is 1. The fraction of sp³-hybridized carbons (Fsp3) is 0.368. The summed E-state index contributed by atoms with van der Waals surface area (Å²) in [6.07, 6.45) is 0. The molecule has 4 nitrogen and oxygen atoms in total. The molecule has 1 aromatic heterocycles. The van der Waals surface area contributed by atoms with Gasteiger partial charge in [0.2, 0.25) is 5.91 Å². The molecule has 1 amide bonds. The molecule has 0 spiro atoms. The van der Waals surface area contributed by atoms with Crippen LogP contribution in [0.15, 0.2) is 36.4 Å². The lowest BCUT2D eigenvalue weighted by atomic mass is 10.1. The monoisotopic (exact) mass is 408 g/mol. The van der Waals surface area contributed by atoms with E-state index < -0.39 is 0 Å². The number of benzene rings is 1. The Labute approximate surface area is 167 Å². The maximum atomic E-state index is 12.4.